The zero-order chi connectivity index (χ0) is 17.5. The van der Waals surface area contributed by atoms with E-state index in [4.69, 9.17) is 14.9 Å². The molecule has 2 rings (SSSR count). The standard InChI is InChI=1S/C15H26N4O5/c1-11-8-18(12-9-19(23)13(10-21)24-12)15(22)17-14(11)16-6-4-2-3-5-7-20/h8,12-13,20-21,23H,2-7,9-10H2,1H3,(H,16,17,22). The number of nitrogens with zero attached hydrogens (tertiary/aromatic N) is 3. The third-order valence-corrected chi connectivity index (χ3v) is 3.97. The summed E-state index contributed by atoms with van der Waals surface area (Å²) in [7, 11) is 0. The van der Waals surface area contributed by atoms with Gasteiger partial charge < -0.3 is 25.5 Å². The number of hydrogen-bond donors (Lipinski definition) is 4. The zero-order valence-electron chi connectivity index (χ0n) is 13.9. The maximum absolute atomic E-state index is 12.2. The zero-order valence-corrected chi connectivity index (χ0v) is 13.9. The van der Waals surface area contributed by atoms with Crippen molar-refractivity contribution >= 4 is 5.82 Å². The number of nitrogens with one attached hydrogen (secondary N) is 1. The molecule has 2 atom stereocenters. The fraction of sp³-hybridized carbons (Fsp3) is 0.733. The lowest BCUT2D eigenvalue weighted by Crippen LogP contribution is -2.30. The van der Waals surface area contributed by atoms with Gasteiger partial charge in [0, 0.05) is 24.9 Å². The third-order valence-electron chi connectivity index (χ3n) is 3.97. The molecule has 0 aromatic carbocycles. The van der Waals surface area contributed by atoms with E-state index in [9.17, 15) is 10.0 Å². The first-order valence-electron chi connectivity index (χ1n) is 8.23. The van der Waals surface area contributed by atoms with Crippen LogP contribution in [-0.2, 0) is 4.74 Å². The minimum atomic E-state index is -0.834. The normalized spacial score (nSPS) is 21.3. The second-order valence-corrected chi connectivity index (χ2v) is 5.88. The van der Waals surface area contributed by atoms with E-state index in [0.29, 0.717) is 12.4 Å². The monoisotopic (exact) mass is 342 g/mol. The van der Waals surface area contributed by atoms with E-state index in [1.165, 1.54) is 4.57 Å². The first-order valence-corrected chi connectivity index (χ1v) is 8.23. The molecule has 0 aliphatic carbocycles. The van der Waals surface area contributed by atoms with Crippen LogP contribution in [0.2, 0.25) is 0 Å². The van der Waals surface area contributed by atoms with Crippen molar-refractivity contribution in [1.29, 1.82) is 0 Å². The summed E-state index contributed by atoms with van der Waals surface area (Å²) in [5.74, 6) is 0.538. The van der Waals surface area contributed by atoms with Crippen LogP contribution in [0.15, 0.2) is 11.0 Å². The SMILES string of the molecule is Cc1cn(C2CN(O)C(CO)O2)c(=O)nc1NCCCCCCO. The molecule has 1 fully saturated rings. The molecule has 9 heteroatoms. The maximum Gasteiger partial charge on any atom is 0.351 e. The molecule has 2 unspecified atom stereocenters. The molecule has 1 aliphatic heterocycles. The van der Waals surface area contributed by atoms with Crippen LogP contribution in [0.3, 0.4) is 0 Å². The Hall–Kier alpha value is -1.52. The molecule has 1 saturated heterocycles. The molecule has 2 heterocycles. The van der Waals surface area contributed by atoms with Crippen LogP contribution < -0.4 is 11.0 Å². The quantitative estimate of drug-likeness (QED) is 0.465. The Morgan fingerprint density at radius 1 is 1.33 bits per heavy atom. The number of aromatic nitrogens is 2. The summed E-state index contributed by atoms with van der Waals surface area (Å²) >= 11 is 0. The summed E-state index contributed by atoms with van der Waals surface area (Å²) in [6, 6.07) is 0. The van der Waals surface area contributed by atoms with Crippen molar-refractivity contribution in [1.82, 2.24) is 14.6 Å². The van der Waals surface area contributed by atoms with Crippen LogP contribution in [0.25, 0.3) is 0 Å². The molecular weight excluding hydrogens is 316 g/mol. The van der Waals surface area contributed by atoms with E-state index in [2.05, 4.69) is 10.3 Å². The first-order chi connectivity index (χ1) is 11.6. The average Bonchev–Trinajstić information content (AvgIpc) is 2.94. The van der Waals surface area contributed by atoms with Gasteiger partial charge in [0.05, 0.1) is 13.2 Å². The Labute approximate surface area is 140 Å². The van der Waals surface area contributed by atoms with Gasteiger partial charge in [-0.15, -0.1) is 0 Å². The molecule has 136 valence electrons. The van der Waals surface area contributed by atoms with Crippen LogP contribution in [0.1, 0.15) is 37.5 Å². The Morgan fingerprint density at radius 3 is 2.75 bits per heavy atom. The molecule has 1 aromatic rings. The Kier molecular flexibility index (Phi) is 7.13. The third kappa shape index (κ3) is 4.74. The molecule has 0 saturated carbocycles. The number of ether oxygens (including phenoxy) is 1. The number of aliphatic hydroxyl groups excluding tert-OH is 2. The molecule has 0 bridgehead atoms. The maximum atomic E-state index is 12.2. The number of hydrogen-bond acceptors (Lipinski definition) is 8. The molecule has 24 heavy (non-hydrogen) atoms. The summed E-state index contributed by atoms with van der Waals surface area (Å²) in [4.78, 5) is 16.2. The summed E-state index contributed by atoms with van der Waals surface area (Å²) in [5, 5.41) is 31.5. The number of aliphatic hydroxyl groups is 2. The van der Waals surface area contributed by atoms with E-state index in [1.807, 2.05) is 6.92 Å². The molecule has 9 nitrogen and oxygen atoms in total. The highest BCUT2D eigenvalue weighted by atomic mass is 16.6. The van der Waals surface area contributed by atoms with Crippen LogP contribution in [0, 0.1) is 6.92 Å². The topological polar surface area (TPSA) is 120 Å². The average molecular weight is 342 g/mol. The molecule has 0 amide bonds. The van der Waals surface area contributed by atoms with E-state index in [-0.39, 0.29) is 19.8 Å². The second kappa shape index (κ2) is 9.09. The van der Waals surface area contributed by atoms with Crippen molar-refractivity contribution in [3.8, 4) is 0 Å². The minimum Gasteiger partial charge on any atom is -0.396 e. The van der Waals surface area contributed by atoms with Crippen molar-refractivity contribution < 1.29 is 20.2 Å². The lowest BCUT2D eigenvalue weighted by molar-refractivity contribution is -0.172. The number of aryl methyl sites for hydroxylation is 1. The van der Waals surface area contributed by atoms with E-state index in [0.717, 1.165) is 36.3 Å². The van der Waals surface area contributed by atoms with Gasteiger partial charge in [-0.2, -0.15) is 10.0 Å². The minimum absolute atomic E-state index is 0.0872. The second-order valence-electron chi connectivity index (χ2n) is 5.88. The fourth-order valence-corrected chi connectivity index (χ4v) is 2.61. The van der Waals surface area contributed by atoms with E-state index < -0.39 is 18.1 Å². The molecule has 1 aliphatic rings. The number of anilines is 1. The number of hydroxylamine groups is 2. The fourth-order valence-electron chi connectivity index (χ4n) is 2.61. The molecular formula is C15H26N4O5. The van der Waals surface area contributed by atoms with Crippen molar-refractivity contribution in [3.05, 3.63) is 22.2 Å². The van der Waals surface area contributed by atoms with E-state index >= 15 is 0 Å². The lowest BCUT2D eigenvalue weighted by Gasteiger charge is -2.15. The summed E-state index contributed by atoms with van der Waals surface area (Å²) in [6.45, 7) is 2.50. The van der Waals surface area contributed by atoms with Crippen molar-refractivity contribution in [2.24, 2.45) is 0 Å². The predicted molar refractivity (Wildman–Crippen MR) is 86.8 cm³/mol. The van der Waals surface area contributed by atoms with Gasteiger partial charge in [0.2, 0.25) is 0 Å². The Balaban J connectivity index is 1.95. The predicted octanol–water partition coefficient (Wildman–Crippen LogP) is 0.0547. The first kappa shape index (κ1) is 18.8. The van der Waals surface area contributed by atoms with Gasteiger partial charge in [0.1, 0.15) is 5.82 Å². The van der Waals surface area contributed by atoms with Crippen molar-refractivity contribution in [3.63, 3.8) is 0 Å². The van der Waals surface area contributed by atoms with Gasteiger partial charge >= 0.3 is 5.69 Å². The molecule has 0 spiro atoms. The van der Waals surface area contributed by atoms with Crippen molar-refractivity contribution in [2.45, 2.75) is 45.1 Å². The highest BCUT2D eigenvalue weighted by Gasteiger charge is 2.33. The van der Waals surface area contributed by atoms with Crippen molar-refractivity contribution in [2.75, 3.05) is 31.6 Å². The largest absolute Gasteiger partial charge is 0.396 e. The highest BCUT2D eigenvalue weighted by molar-refractivity contribution is 5.41. The van der Waals surface area contributed by atoms with E-state index in [1.54, 1.807) is 6.20 Å². The van der Waals surface area contributed by atoms with Crippen LogP contribution in [0.5, 0.6) is 0 Å². The lowest BCUT2D eigenvalue weighted by atomic mass is 10.2. The Morgan fingerprint density at radius 2 is 2.08 bits per heavy atom. The Bertz CT molecular complexity index is 579. The van der Waals surface area contributed by atoms with Crippen LogP contribution >= 0.6 is 0 Å². The summed E-state index contributed by atoms with van der Waals surface area (Å²) in [6.07, 6.45) is 3.86. The van der Waals surface area contributed by atoms with Gasteiger partial charge in [0.25, 0.3) is 0 Å². The summed E-state index contributed by atoms with van der Waals surface area (Å²) in [5.41, 5.74) is 0.325. The van der Waals surface area contributed by atoms with Gasteiger partial charge in [-0.3, -0.25) is 4.57 Å². The van der Waals surface area contributed by atoms with Gasteiger partial charge in [-0.1, -0.05) is 12.8 Å². The smallest absolute Gasteiger partial charge is 0.351 e. The number of rotatable bonds is 9. The highest BCUT2D eigenvalue weighted by Crippen LogP contribution is 2.22. The molecule has 4 N–H and O–H groups in total. The summed E-state index contributed by atoms with van der Waals surface area (Å²) < 4.78 is 6.75. The molecule has 1 aromatic heterocycles. The van der Waals surface area contributed by atoms with Gasteiger partial charge in [0.15, 0.2) is 12.5 Å². The number of unbranched alkanes of at least 4 members (excludes halogenated alkanes) is 3. The van der Waals surface area contributed by atoms with Gasteiger partial charge in [-0.25, -0.2) is 4.79 Å². The van der Waals surface area contributed by atoms with Gasteiger partial charge in [-0.05, 0) is 19.8 Å². The van der Waals surface area contributed by atoms with Crippen LogP contribution in [0.4, 0.5) is 5.82 Å². The molecule has 0 radical (unpaired) electrons. The van der Waals surface area contributed by atoms with Crippen LogP contribution in [-0.4, -0.2) is 62.6 Å².